The largest absolute Gasteiger partial charge is 1.00 e. The molecule has 0 aromatic carbocycles. The van der Waals surface area contributed by atoms with Gasteiger partial charge in [0.25, 0.3) is 0 Å². The van der Waals surface area contributed by atoms with Crippen LogP contribution in [0.2, 0.25) is 0 Å². The van der Waals surface area contributed by atoms with Gasteiger partial charge in [-0.05, 0) is 117 Å². The van der Waals surface area contributed by atoms with Gasteiger partial charge in [-0.15, -0.1) is 0 Å². The summed E-state index contributed by atoms with van der Waals surface area (Å²) in [6.45, 7) is 18.0. The SMILES string of the molecule is BrBr.CC(C)=C1CCC(C)(Br)CC1=O.CC(C)=C1CCC(C)(O)CC1=O.CC(C)=C1CCC(C)CC1=O.[Na+].[OH-]. The molecule has 0 aromatic rings. The number of ketones is 3. The van der Waals surface area contributed by atoms with E-state index in [1.165, 1.54) is 17.6 Å². The van der Waals surface area contributed by atoms with E-state index in [4.69, 9.17) is 0 Å². The Kier molecular flexibility index (Phi) is 23.1. The minimum absolute atomic E-state index is 0. The molecule has 3 rings (SSSR count). The molecular formula is C30H48Br3NaO5. The number of halogens is 3. The quantitative estimate of drug-likeness (QED) is 0.178. The van der Waals surface area contributed by atoms with Crippen LogP contribution in [0.5, 0.6) is 0 Å². The van der Waals surface area contributed by atoms with Gasteiger partial charge in [0, 0.05) is 51.8 Å². The Labute approximate surface area is 283 Å². The minimum atomic E-state index is -0.768. The molecule has 39 heavy (non-hydrogen) atoms. The summed E-state index contributed by atoms with van der Waals surface area (Å²) in [6, 6.07) is 0. The molecule has 3 aliphatic carbocycles. The van der Waals surface area contributed by atoms with Gasteiger partial charge in [-0.2, -0.15) is 0 Å². The fourth-order valence-corrected chi connectivity index (χ4v) is 5.24. The molecule has 220 valence electrons. The number of hydrogen-bond donors (Lipinski definition) is 1. The molecule has 2 N–H and O–H groups in total. The van der Waals surface area contributed by atoms with Crippen molar-refractivity contribution in [2.75, 3.05) is 0 Å². The van der Waals surface area contributed by atoms with Crippen molar-refractivity contribution in [3.8, 4) is 0 Å². The van der Waals surface area contributed by atoms with Crippen LogP contribution >= 0.6 is 44.2 Å². The van der Waals surface area contributed by atoms with E-state index in [-0.39, 0.29) is 51.6 Å². The van der Waals surface area contributed by atoms with Crippen molar-refractivity contribution < 1.29 is 54.5 Å². The van der Waals surface area contributed by atoms with E-state index in [0.717, 1.165) is 54.4 Å². The van der Waals surface area contributed by atoms with Gasteiger partial charge < -0.3 is 10.6 Å². The Morgan fingerprint density at radius 1 is 0.744 bits per heavy atom. The second kappa shape index (κ2) is 20.5. The molecule has 0 radical (unpaired) electrons. The van der Waals surface area contributed by atoms with Crippen LogP contribution in [-0.2, 0) is 14.4 Å². The zero-order valence-electron chi connectivity index (χ0n) is 25.7. The van der Waals surface area contributed by atoms with E-state index >= 15 is 0 Å². The molecule has 0 saturated heterocycles. The van der Waals surface area contributed by atoms with Gasteiger partial charge in [-0.1, -0.05) is 39.6 Å². The topological polar surface area (TPSA) is 101 Å². The zero-order chi connectivity index (χ0) is 29.1. The third-order valence-corrected chi connectivity index (χ3v) is 7.80. The van der Waals surface area contributed by atoms with E-state index in [1.54, 1.807) is 6.92 Å². The second-order valence-electron chi connectivity index (χ2n) is 11.8. The summed E-state index contributed by atoms with van der Waals surface area (Å²) in [5.41, 5.74) is 5.77. The Hall–Kier alpha value is 0.590. The van der Waals surface area contributed by atoms with Crippen LogP contribution in [0.1, 0.15) is 120 Å². The molecule has 3 fully saturated rings. The van der Waals surface area contributed by atoms with Crippen LogP contribution in [0.4, 0.5) is 0 Å². The van der Waals surface area contributed by atoms with Crippen LogP contribution in [0.15, 0.2) is 33.4 Å². The molecule has 3 aliphatic rings. The molecule has 0 spiro atoms. The van der Waals surface area contributed by atoms with Crippen LogP contribution < -0.4 is 29.6 Å². The number of carbonyl (C=O) groups excluding carboxylic acids is 3. The summed E-state index contributed by atoms with van der Waals surface area (Å²) in [4.78, 5) is 34.4. The molecule has 0 aromatic heterocycles. The van der Waals surface area contributed by atoms with Gasteiger partial charge in [0.2, 0.25) is 0 Å². The predicted molar refractivity (Wildman–Crippen MR) is 169 cm³/mol. The van der Waals surface area contributed by atoms with E-state index in [1.807, 2.05) is 41.5 Å². The van der Waals surface area contributed by atoms with Crippen molar-refractivity contribution >= 4 is 61.5 Å². The molecule has 0 bridgehead atoms. The maximum atomic E-state index is 11.6. The van der Waals surface area contributed by atoms with Crippen molar-refractivity contribution in [3.63, 3.8) is 0 Å². The molecule has 0 aliphatic heterocycles. The molecular weight excluding hydrogens is 703 g/mol. The van der Waals surface area contributed by atoms with Gasteiger partial charge in [0.15, 0.2) is 17.3 Å². The first kappa shape index (κ1) is 44.0. The Morgan fingerprint density at radius 3 is 1.49 bits per heavy atom. The Bertz CT molecular complexity index is 869. The van der Waals surface area contributed by atoms with Crippen LogP contribution in [0.3, 0.4) is 0 Å². The average Bonchev–Trinajstić information content (AvgIpc) is 2.73. The van der Waals surface area contributed by atoms with E-state index < -0.39 is 5.60 Å². The fraction of sp³-hybridized carbons (Fsp3) is 0.700. The smallest absolute Gasteiger partial charge is 0.870 e. The van der Waals surface area contributed by atoms with Crippen molar-refractivity contribution in [1.29, 1.82) is 0 Å². The summed E-state index contributed by atoms with van der Waals surface area (Å²) >= 11 is 9.07. The third kappa shape index (κ3) is 16.7. The normalized spacial score (nSPS) is 26.2. The number of hydrogen-bond acceptors (Lipinski definition) is 5. The van der Waals surface area contributed by atoms with E-state index in [2.05, 4.69) is 58.0 Å². The van der Waals surface area contributed by atoms with Gasteiger partial charge in [-0.25, -0.2) is 0 Å². The number of allylic oxidation sites excluding steroid dienone is 6. The number of rotatable bonds is 0. The maximum absolute atomic E-state index is 11.6. The van der Waals surface area contributed by atoms with Crippen LogP contribution in [-0.4, -0.2) is 37.9 Å². The fourth-order valence-electron chi connectivity index (χ4n) is 4.79. The van der Waals surface area contributed by atoms with Crippen molar-refractivity contribution in [2.45, 2.75) is 130 Å². The summed E-state index contributed by atoms with van der Waals surface area (Å²) in [5, 5.41) is 9.60. The maximum Gasteiger partial charge on any atom is 1.00 e. The van der Waals surface area contributed by atoms with Gasteiger partial charge >= 0.3 is 29.6 Å². The first-order valence-corrected chi connectivity index (χ1v) is 17.6. The second-order valence-corrected chi connectivity index (χ2v) is 13.7. The molecule has 5 nitrogen and oxygen atoms in total. The van der Waals surface area contributed by atoms with Crippen molar-refractivity contribution in [1.82, 2.24) is 0 Å². The molecule has 0 heterocycles. The minimum Gasteiger partial charge on any atom is -0.870 e. The van der Waals surface area contributed by atoms with Gasteiger partial charge in [0.1, 0.15) is 0 Å². The predicted octanol–water partition coefficient (Wildman–Crippen LogP) is 6.29. The first-order chi connectivity index (χ1) is 17.0. The summed E-state index contributed by atoms with van der Waals surface area (Å²) in [5.74, 6) is 1.42. The van der Waals surface area contributed by atoms with Gasteiger partial charge in [-0.3, -0.25) is 14.4 Å². The number of aliphatic hydroxyl groups is 1. The molecule has 3 atom stereocenters. The van der Waals surface area contributed by atoms with Crippen molar-refractivity contribution in [3.05, 3.63) is 33.4 Å². The third-order valence-electron chi connectivity index (χ3n) is 7.12. The van der Waals surface area contributed by atoms with Crippen LogP contribution in [0, 0.1) is 5.92 Å². The summed E-state index contributed by atoms with van der Waals surface area (Å²) < 4.78 is 0.0447. The number of carbonyl (C=O) groups is 3. The molecule has 3 unspecified atom stereocenters. The summed E-state index contributed by atoms with van der Waals surface area (Å²) in [6.07, 6.45) is 7.33. The first-order valence-electron chi connectivity index (χ1n) is 13.1. The average molecular weight is 751 g/mol. The molecule has 0 amide bonds. The van der Waals surface area contributed by atoms with E-state index in [9.17, 15) is 19.5 Å². The van der Waals surface area contributed by atoms with E-state index in [0.29, 0.717) is 30.3 Å². The number of alkyl halides is 1. The Balaban J connectivity index is -0.000000471. The van der Waals surface area contributed by atoms with Crippen LogP contribution in [0.25, 0.3) is 0 Å². The van der Waals surface area contributed by atoms with Crippen molar-refractivity contribution in [2.24, 2.45) is 5.92 Å². The Morgan fingerprint density at radius 2 is 1.13 bits per heavy atom. The standard InChI is InChI=1S/C10H15BrO.C10H16O2.C10H16O.Br2.Na.H2O/c1-7(2)8-4-5-10(3,11)6-9(8)12;1-7(2)8-4-5-10(3,12)6-9(8)11;1-7(2)9-5-4-8(3)6-10(9)11;1-2;;/h4-6H2,1-3H3;12H,4-6H2,1-3H3;8H,4-6H2,1-3H3;;;1H2/q;;;;+1;/p-1. The van der Waals surface area contributed by atoms with Gasteiger partial charge in [0.05, 0.1) is 5.60 Å². The molecule has 9 heteroatoms. The summed E-state index contributed by atoms with van der Waals surface area (Å²) in [7, 11) is 0. The molecule has 3 saturated carbocycles. The zero-order valence-corrected chi connectivity index (χ0v) is 32.5. The monoisotopic (exact) mass is 748 g/mol. The number of Topliss-reactive ketones (excluding diaryl/α,β-unsaturated/α-hetero) is 3.